The maximum absolute atomic E-state index is 14.3. The maximum atomic E-state index is 14.3. The number of carbonyl (C=O) groups is 3. The Morgan fingerprint density at radius 2 is 0.671 bits per heavy atom. The van der Waals surface area contributed by atoms with Crippen LogP contribution in [-0.4, -0.2) is 99.6 Å². The predicted octanol–water partition coefficient (Wildman–Crippen LogP) is 9.75. The van der Waals surface area contributed by atoms with E-state index in [-0.39, 0.29) is 49.7 Å². The Kier molecular flexibility index (Phi) is 19.3. The molecule has 76 heavy (non-hydrogen) atoms. The minimum Gasteiger partial charge on any atom is -0.459 e. The van der Waals surface area contributed by atoms with Crippen LogP contribution in [0.4, 0.5) is 0 Å². The van der Waals surface area contributed by atoms with Crippen molar-refractivity contribution in [3.63, 3.8) is 0 Å². The Bertz CT molecular complexity index is 2830. The molecule has 14 heteroatoms. The van der Waals surface area contributed by atoms with Crippen molar-refractivity contribution in [3.8, 4) is 0 Å². The average Bonchev–Trinajstić information content (AvgIpc) is 3.49. The van der Waals surface area contributed by atoms with Gasteiger partial charge in [0.05, 0.1) is 49.7 Å². The Morgan fingerprint density at radius 3 is 1.09 bits per heavy atom. The molecule has 0 unspecified atom stereocenters. The molecule has 9 rings (SSSR count). The lowest BCUT2D eigenvalue weighted by molar-refractivity contribution is -0.344. The Morgan fingerprint density at radius 1 is 0.342 bits per heavy atom. The van der Waals surface area contributed by atoms with Crippen LogP contribution in [0.15, 0.2) is 212 Å². The van der Waals surface area contributed by atoms with Crippen LogP contribution in [0.5, 0.6) is 0 Å². The quantitative estimate of drug-likeness (QED) is 0.0441. The van der Waals surface area contributed by atoms with Gasteiger partial charge in [0.15, 0.2) is 24.8 Å². The molecule has 7 aromatic rings. The summed E-state index contributed by atoms with van der Waals surface area (Å²) in [6, 6.07) is 63.8. The molecule has 10 atom stereocenters. The fraction of sp³-hybridized carbons (Fsp3) is 0.274. The number of benzene rings is 7. The minimum atomic E-state index is -1.43. The molecule has 2 saturated heterocycles. The number of methoxy groups -OCH3 is 1. The van der Waals surface area contributed by atoms with Gasteiger partial charge in [0, 0.05) is 7.11 Å². The topological polar surface area (TPSA) is 153 Å². The Labute approximate surface area is 442 Å². The molecular weight excluding hydrogens is 969 g/mol. The number of rotatable bonds is 23. The summed E-state index contributed by atoms with van der Waals surface area (Å²) in [6.07, 6.45) is -11.2. The summed E-state index contributed by atoms with van der Waals surface area (Å²) in [7, 11) is 1.53. The third-order valence-corrected chi connectivity index (χ3v) is 12.9. The van der Waals surface area contributed by atoms with Gasteiger partial charge in [-0.15, -0.1) is 0 Å². The number of ether oxygens (including phenoxy) is 11. The third kappa shape index (κ3) is 14.5. The Hall–Kier alpha value is -7.37. The van der Waals surface area contributed by atoms with Crippen molar-refractivity contribution < 1.29 is 66.5 Å². The van der Waals surface area contributed by atoms with Crippen molar-refractivity contribution in [2.24, 2.45) is 0 Å². The van der Waals surface area contributed by atoms with E-state index in [9.17, 15) is 14.4 Å². The third-order valence-electron chi connectivity index (χ3n) is 12.9. The molecule has 0 bridgehead atoms. The molecule has 0 aliphatic carbocycles. The number of hydrogen-bond donors (Lipinski definition) is 0. The first-order valence-electron chi connectivity index (χ1n) is 25.2. The van der Waals surface area contributed by atoms with Crippen molar-refractivity contribution in [1.29, 1.82) is 0 Å². The highest BCUT2D eigenvalue weighted by atomic mass is 16.8. The highest BCUT2D eigenvalue weighted by molar-refractivity contribution is 5.91. The number of esters is 3. The van der Waals surface area contributed by atoms with E-state index >= 15 is 0 Å². The zero-order valence-electron chi connectivity index (χ0n) is 41.9. The summed E-state index contributed by atoms with van der Waals surface area (Å²) in [5.41, 5.74) is 4.25. The number of hydrogen-bond acceptors (Lipinski definition) is 14. The van der Waals surface area contributed by atoms with Gasteiger partial charge >= 0.3 is 17.9 Å². The zero-order chi connectivity index (χ0) is 52.3. The molecule has 7 aromatic carbocycles. The molecule has 2 heterocycles. The SMILES string of the molecule is CO[C@H]1O[C@H](CO[C@H]2O[C@H](COC(=O)c3ccccc3)[C@@H](OC(=O)c3ccccc3)[C@H](OC(=O)c3ccccc3)[C@H]2OCc2ccccc2)[C@@H](OCc2ccccc2)[C@H](OCc2ccccc2)[C@H]1OCc1ccccc1. The molecule has 0 amide bonds. The van der Waals surface area contributed by atoms with Gasteiger partial charge in [-0.1, -0.05) is 176 Å². The van der Waals surface area contributed by atoms with Gasteiger partial charge in [0.2, 0.25) is 0 Å². The van der Waals surface area contributed by atoms with Crippen LogP contribution in [0.25, 0.3) is 0 Å². The fourth-order valence-electron chi connectivity index (χ4n) is 8.97. The summed E-state index contributed by atoms with van der Waals surface area (Å²) in [5, 5.41) is 0. The van der Waals surface area contributed by atoms with E-state index < -0.39 is 85.9 Å². The molecule has 0 aromatic heterocycles. The van der Waals surface area contributed by atoms with E-state index in [0.29, 0.717) is 0 Å². The van der Waals surface area contributed by atoms with Gasteiger partial charge in [0.1, 0.15) is 43.2 Å². The summed E-state index contributed by atoms with van der Waals surface area (Å²) >= 11 is 0. The fourth-order valence-corrected chi connectivity index (χ4v) is 8.97. The van der Waals surface area contributed by atoms with Crippen molar-refractivity contribution in [2.45, 2.75) is 87.8 Å². The number of carbonyl (C=O) groups excluding carboxylic acids is 3. The van der Waals surface area contributed by atoms with Crippen LogP contribution in [-0.2, 0) is 78.5 Å². The molecule has 0 spiro atoms. The first-order chi connectivity index (χ1) is 37.4. The summed E-state index contributed by atoms with van der Waals surface area (Å²) < 4.78 is 72.3. The van der Waals surface area contributed by atoms with E-state index in [1.54, 1.807) is 91.0 Å². The smallest absolute Gasteiger partial charge is 0.338 e. The molecule has 2 aliphatic heterocycles. The highest BCUT2D eigenvalue weighted by Crippen LogP contribution is 2.35. The van der Waals surface area contributed by atoms with Crippen molar-refractivity contribution >= 4 is 17.9 Å². The van der Waals surface area contributed by atoms with Crippen molar-refractivity contribution in [2.75, 3.05) is 20.3 Å². The monoisotopic (exact) mass is 1030 g/mol. The summed E-state index contributed by atoms with van der Waals surface area (Å²) in [5.74, 6) is -2.16. The summed E-state index contributed by atoms with van der Waals surface area (Å²) in [6.45, 7) is -0.119. The molecule has 14 nitrogen and oxygen atoms in total. The zero-order valence-corrected chi connectivity index (χ0v) is 41.9. The predicted molar refractivity (Wildman–Crippen MR) is 278 cm³/mol. The molecular formula is C62H60O14. The van der Waals surface area contributed by atoms with E-state index in [1.807, 2.05) is 121 Å². The van der Waals surface area contributed by atoms with E-state index in [4.69, 9.17) is 52.1 Å². The molecule has 0 radical (unpaired) electrons. The Balaban J connectivity index is 1.08. The van der Waals surface area contributed by atoms with Crippen LogP contribution in [0, 0.1) is 0 Å². The molecule has 392 valence electrons. The molecule has 0 N–H and O–H groups in total. The normalized spacial score (nSPS) is 23.2. The molecule has 0 saturated carbocycles. The van der Waals surface area contributed by atoms with Crippen LogP contribution in [0.2, 0.25) is 0 Å². The first kappa shape index (κ1) is 53.5. The van der Waals surface area contributed by atoms with E-state index in [0.717, 1.165) is 22.3 Å². The van der Waals surface area contributed by atoms with Crippen molar-refractivity contribution in [1.82, 2.24) is 0 Å². The van der Waals surface area contributed by atoms with Gasteiger partial charge < -0.3 is 52.1 Å². The van der Waals surface area contributed by atoms with Crippen LogP contribution < -0.4 is 0 Å². The second-order valence-electron chi connectivity index (χ2n) is 18.1. The van der Waals surface area contributed by atoms with Crippen molar-refractivity contribution in [3.05, 3.63) is 251 Å². The highest BCUT2D eigenvalue weighted by Gasteiger charge is 2.54. The first-order valence-corrected chi connectivity index (χ1v) is 25.2. The van der Waals surface area contributed by atoms with Gasteiger partial charge in [-0.05, 0) is 58.7 Å². The van der Waals surface area contributed by atoms with Gasteiger partial charge in [0.25, 0.3) is 0 Å². The summed E-state index contributed by atoms with van der Waals surface area (Å²) in [4.78, 5) is 42.1. The van der Waals surface area contributed by atoms with Crippen LogP contribution >= 0.6 is 0 Å². The second-order valence-corrected chi connectivity index (χ2v) is 18.1. The van der Waals surface area contributed by atoms with Gasteiger partial charge in [-0.2, -0.15) is 0 Å². The lowest BCUT2D eigenvalue weighted by Crippen LogP contribution is -2.64. The molecule has 2 fully saturated rings. The van der Waals surface area contributed by atoms with E-state index in [2.05, 4.69) is 0 Å². The standard InChI is InChI=1S/C62H60O14/c1-66-61-56(69-39-45-27-13-4-14-28-45)54(68-38-44-25-11-3-12-26-44)52(67-37-43-23-9-2-10-24-43)50(73-61)42-72-62-57(70-40-46-29-15-5-16-30-46)55(76-60(65)49-35-21-8-22-36-49)53(75-59(64)48-33-19-7-20-34-48)51(74-62)41-71-58(63)47-31-17-6-18-32-47/h2-36,50-57,61-62H,37-42H2,1H3/t50-,51-,52-,53-,54+,55+,56-,57-,61+,62+/m1/s1. The molecule has 2 aliphatic rings. The van der Waals surface area contributed by atoms with Gasteiger partial charge in [-0.25, -0.2) is 14.4 Å². The van der Waals surface area contributed by atoms with Crippen LogP contribution in [0.3, 0.4) is 0 Å². The lowest BCUT2D eigenvalue weighted by Gasteiger charge is -2.47. The average molecular weight is 1030 g/mol. The minimum absolute atomic E-state index is 0.00848. The van der Waals surface area contributed by atoms with Crippen LogP contribution in [0.1, 0.15) is 53.3 Å². The van der Waals surface area contributed by atoms with E-state index in [1.165, 1.54) is 7.11 Å². The second kappa shape index (κ2) is 27.4. The van der Waals surface area contributed by atoms with Gasteiger partial charge in [-0.3, -0.25) is 0 Å². The lowest BCUT2D eigenvalue weighted by atomic mass is 9.96. The maximum Gasteiger partial charge on any atom is 0.338 e. The largest absolute Gasteiger partial charge is 0.459 e.